The standard InChI is InChI=1S/C16H19N5O3/c1-20-15(23)12(14(22)19-16(20)24)10-18-21-8-3-2-6-13(21)11-5-4-7-17-9-11/h4-5,7,9-10,13,23H,2-3,6,8H2,1H3,(H,19,22,24)/b18-10+/t13-/m1/s1. The highest BCUT2D eigenvalue weighted by Gasteiger charge is 2.23. The number of aromatic nitrogens is 3. The van der Waals surface area contributed by atoms with E-state index in [4.69, 9.17) is 0 Å². The molecule has 0 spiro atoms. The molecule has 0 unspecified atom stereocenters. The van der Waals surface area contributed by atoms with Crippen molar-refractivity contribution >= 4 is 6.21 Å². The molecule has 1 aliphatic heterocycles. The Hall–Kier alpha value is -2.90. The lowest BCUT2D eigenvalue weighted by molar-refractivity contribution is 0.156. The van der Waals surface area contributed by atoms with Crippen LogP contribution < -0.4 is 11.2 Å². The number of aromatic amines is 1. The zero-order chi connectivity index (χ0) is 17.1. The molecule has 0 aliphatic carbocycles. The van der Waals surface area contributed by atoms with Gasteiger partial charge in [-0.3, -0.25) is 24.3 Å². The molecule has 1 atom stereocenters. The zero-order valence-electron chi connectivity index (χ0n) is 13.3. The molecule has 1 saturated heterocycles. The Morgan fingerprint density at radius 3 is 3.00 bits per heavy atom. The third kappa shape index (κ3) is 3.08. The molecule has 2 aromatic heterocycles. The van der Waals surface area contributed by atoms with Crippen LogP contribution in [0.4, 0.5) is 0 Å². The molecule has 1 aliphatic rings. The largest absolute Gasteiger partial charge is 0.494 e. The smallest absolute Gasteiger partial charge is 0.330 e. The van der Waals surface area contributed by atoms with E-state index in [2.05, 4.69) is 15.1 Å². The lowest BCUT2D eigenvalue weighted by Gasteiger charge is -2.33. The molecular weight excluding hydrogens is 310 g/mol. The van der Waals surface area contributed by atoms with Crippen molar-refractivity contribution in [3.8, 4) is 5.88 Å². The number of nitrogens with zero attached hydrogens (tertiary/aromatic N) is 4. The summed E-state index contributed by atoms with van der Waals surface area (Å²) in [5.74, 6) is -0.401. The Morgan fingerprint density at radius 1 is 1.42 bits per heavy atom. The van der Waals surface area contributed by atoms with E-state index in [9.17, 15) is 14.7 Å². The molecule has 0 aromatic carbocycles. The highest BCUT2D eigenvalue weighted by Crippen LogP contribution is 2.30. The van der Waals surface area contributed by atoms with Crippen LogP contribution in [0.5, 0.6) is 5.88 Å². The molecule has 8 heteroatoms. The number of aromatic hydroxyl groups is 1. The fourth-order valence-electron chi connectivity index (χ4n) is 2.84. The SMILES string of the molecule is Cn1c(O)c(/C=N/N2CCCC[C@@H]2c2cccnc2)c(=O)[nH]c1=O. The second kappa shape index (κ2) is 6.69. The van der Waals surface area contributed by atoms with E-state index in [0.29, 0.717) is 0 Å². The van der Waals surface area contributed by atoms with Crippen LogP contribution in [-0.4, -0.2) is 37.4 Å². The zero-order valence-corrected chi connectivity index (χ0v) is 13.3. The minimum atomic E-state index is -0.666. The average Bonchev–Trinajstić information content (AvgIpc) is 2.61. The van der Waals surface area contributed by atoms with Gasteiger partial charge in [-0.05, 0) is 30.9 Å². The summed E-state index contributed by atoms with van der Waals surface area (Å²) < 4.78 is 0.970. The normalized spacial score (nSPS) is 18.2. The molecule has 8 nitrogen and oxygen atoms in total. The van der Waals surface area contributed by atoms with E-state index in [1.165, 1.54) is 13.3 Å². The minimum absolute atomic E-state index is 0.0346. The molecule has 1 fully saturated rings. The first-order valence-electron chi connectivity index (χ1n) is 7.80. The molecule has 0 saturated carbocycles. The number of rotatable bonds is 3. The van der Waals surface area contributed by atoms with E-state index < -0.39 is 17.1 Å². The van der Waals surface area contributed by atoms with E-state index in [-0.39, 0.29) is 11.6 Å². The first-order valence-corrected chi connectivity index (χ1v) is 7.80. The Balaban J connectivity index is 1.92. The average molecular weight is 329 g/mol. The molecule has 24 heavy (non-hydrogen) atoms. The van der Waals surface area contributed by atoms with Crippen LogP contribution in [0.25, 0.3) is 0 Å². The predicted octanol–water partition coefficient (Wildman–Crippen LogP) is 0.735. The van der Waals surface area contributed by atoms with Crippen molar-refractivity contribution in [1.29, 1.82) is 0 Å². The van der Waals surface area contributed by atoms with Crippen molar-refractivity contribution in [3.05, 3.63) is 56.5 Å². The number of pyridine rings is 1. The highest BCUT2D eigenvalue weighted by atomic mass is 16.3. The van der Waals surface area contributed by atoms with Gasteiger partial charge in [-0.1, -0.05) is 6.07 Å². The minimum Gasteiger partial charge on any atom is -0.494 e. The fraction of sp³-hybridized carbons (Fsp3) is 0.375. The van der Waals surface area contributed by atoms with Gasteiger partial charge in [0.05, 0.1) is 12.3 Å². The van der Waals surface area contributed by atoms with Crippen molar-refractivity contribution in [1.82, 2.24) is 19.5 Å². The summed E-state index contributed by atoms with van der Waals surface area (Å²) in [5.41, 5.74) is -0.296. The Bertz CT molecular complexity index is 856. The number of hydrogen-bond acceptors (Lipinski definition) is 6. The lowest BCUT2D eigenvalue weighted by Crippen LogP contribution is -2.32. The number of hydrogen-bond donors (Lipinski definition) is 2. The van der Waals surface area contributed by atoms with Crippen LogP contribution >= 0.6 is 0 Å². The van der Waals surface area contributed by atoms with Crippen molar-refractivity contribution in [2.24, 2.45) is 12.1 Å². The molecule has 126 valence electrons. The summed E-state index contributed by atoms with van der Waals surface area (Å²) in [4.78, 5) is 29.6. The van der Waals surface area contributed by atoms with Crippen LogP contribution in [0, 0.1) is 0 Å². The molecular formula is C16H19N5O3. The molecule has 0 amide bonds. The van der Waals surface area contributed by atoms with Crippen LogP contribution in [0.3, 0.4) is 0 Å². The van der Waals surface area contributed by atoms with Gasteiger partial charge < -0.3 is 5.11 Å². The summed E-state index contributed by atoms with van der Waals surface area (Å²) in [5, 5.41) is 16.3. The second-order valence-corrected chi connectivity index (χ2v) is 5.76. The Kier molecular flexibility index (Phi) is 4.45. The second-order valence-electron chi connectivity index (χ2n) is 5.76. The fourth-order valence-corrected chi connectivity index (χ4v) is 2.84. The maximum Gasteiger partial charge on any atom is 0.330 e. The summed E-state index contributed by atoms with van der Waals surface area (Å²) >= 11 is 0. The van der Waals surface area contributed by atoms with Crippen molar-refractivity contribution in [2.75, 3.05) is 6.54 Å². The number of piperidine rings is 1. The van der Waals surface area contributed by atoms with E-state index in [1.807, 2.05) is 23.3 Å². The third-order valence-corrected chi connectivity index (χ3v) is 4.21. The lowest BCUT2D eigenvalue weighted by atomic mass is 9.98. The summed E-state index contributed by atoms with van der Waals surface area (Å²) in [6, 6.07) is 3.97. The van der Waals surface area contributed by atoms with Crippen LogP contribution in [0.1, 0.15) is 36.4 Å². The van der Waals surface area contributed by atoms with Crippen LogP contribution in [0.15, 0.2) is 39.2 Å². The van der Waals surface area contributed by atoms with Gasteiger partial charge in [-0.2, -0.15) is 5.10 Å². The molecule has 0 radical (unpaired) electrons. The summed E-state index contributed by atoms with van der Waals surface area (Å²) in [6.07, 6.45) is 7.89. The Labute approximate surface area is 138 Å². The monoisotopic (exact) mass is 329 g/mol. The van der Waals surface area contributed by atoms with Gasteiger partial charge >= 0.3 is 5.69 Å². The van der Waals surface area contributed by atoms with Gasteiger partial charge in [0, 0.05) is 26.0 Å². The molecule has 2 N–H and O–H groups in total. The molecule has 3 heterocycles. The van der Waals surface area contributed by atoms with Gasteiger partial charge in [-0.15, -0.1) is 0 Å². The van der Waals surface area contributed by atoms with E-state index in [1.54, 1.807) is 6.20 Å². The number of hydrazone groups is 1. The summed E-state index contributed by atoms with van der Waals surface area (Å²) in [7, 11) is 1.38. The first-order chi connectivity index (χ1) is 11.6. The van der Waals surface area contributed by atoms with Crippen LogP contribution in [-0.2, 0) is 7.05 Å². The van der Waals surface area contributed by atoms with Gasteiger partial charge in [0.1, 0.15) is 5.56 Å². The van der Waals surface area contributed by atoms with Gasteiger partial charge in [0.25, 0.3) is 5.56 Å². The van der Waals surface area contributed by atoms with Gasteiger partial charge in [0.2, 0.25) is 5.88 Å². The topological polar surface area (TPSA) is 104 Å². The van der Waals surface area contributed by atoms with Gasteiger partial charge in [0.15, 0.2) is 0 Å². The highest BCUT2D eigenvalue weighted by molar-refractivity contribution is 5.81. The van der Waals surface area contributed by atoms with E-state index in [0.717, 1.165) is 35.9 Å². The summed E-state index contributed by atoms with van der Waals surface area (Å²) in [6.45, 7) is 0.750. The van der Waals surface area contributed by atoms with Crippen molar-refractivity contribution < 1.29 is 5.11 Å². The van der Waals surface area contributed by atoms with Crippen molar-refractivity contribution in [2.45, 2.75) is 25.3 Å². The van der Waals surface area contributed by atoms with Crippen LogP contribution in [0.2, 0.25) is 0 Å². The Morgan fingerprint density at radius 2 is 2.25 bits per heavy atom. The molecule has 2 aromatic rings. The van der Waals surface area contributed by atoms with E-state index >= 15 is 0 Å². The third-order valence-electron chi connectivity index (χ3n) is 4.21. The predicted molar refractivity (Wildman–Crippen MR) is 89.1 cm³/mol. The van der Waals surface area contributed by atoms with Crippen molar-refractivity contribution in [3.63, 3.8) is 0 Å². The number of nitrogens with one attached hydrogen (secondary N) is 1. The maximum absolute atomic E-state index is 11.9. The van der Waals surface area contributed by atoms with Gasteiger partial charge in [-0.25, -0.2) is 4.79 Å². The first kappa shape index (κ1) is 16.0. The maximum atomic E-state index is 11.9. The quantitative estimate of drug-likeness (QED) is 0.808. The molecule has 3 rings (SSSR count). The number of H-pyrrole nitrogens is 1. The molecule has 0 bridgehead atoms.